The Hall–Kier alpha value is -3.83. The van der Waals surface area contributed by atoms with Gasteiger partial charge in [-0.15, -0.1) is 0 Å². The van der Waals surface area contributed by atoms with Gasteiger partial charge in [-0.1, -0.05) is 6.07 Å². The number of nitrogens with zero attached hydrogens (tertiary/aromatic N) is 3. The number of fused-ring (bicyclic) bond motifs is 2. The van der Waals surface area contributed by atoms with Gasteiger partial charge in [-0.3, -0.25) is 0 Å². The first-order valence-electron chi connectivity index (χ1n) is 9.67. The van der Waals surface area contributed by atoms with Crippen molar-refractivity contribution in [2.45, 2.75) is 18.6 Å². The van der Waals surface area contributed by atoms with Crippen LogP contribution in [0, 0.1) is 5.82 Å². The number of ether oxygens (including phenoxy) is 2. The SMILES string of the molecule is CNc1c(F)c(Nc2cccc3c2OCCO3)nc2c(NC(=O)N[C@@H]3C[C@@H]3F)cnn12. The maximum Gasteiger partial charge on any atom is 0.319 e. The highest BCUT2D eigenvalue weighted by atomic mass is 19.1. The maximum atomic E-state index is 15.2. The van der Waals surface area contributed by atoms with Gasteiger partial charge in [0.25, 0.3) is 0 Å². The first-order valence-corrected chi connectivity index (χ1v) is 9.67. The molecule has 12 heteroatoms. The quantitative estimate of drug-likeness (QED) is 0.491. The van der Waals surface area contributed by atoms with Crippen molar-refractivity contribution in [1.29, 1.82) is 0 Å². The molecule has 1 aromatic carbocycles. The highest BCUT2D eigenvalue weighted by molar-refractivity contribution is 5.94. The Morgan fingerprint density at radius 2 is 2.06 bits per heavy atom. The molecule has 2 atom stereocenters. The number of carbonyl (C=O) groups excluding carboxylic acids is 1. The third kappa shape index (κ3) is 3.49. The Balaban J connectivity index is 1.49. The van der Waals surface area contributed by atoms with Crippen molar-refractivity contribution in [3.8, 4) is 11.5 Å². The maximum absolute atomic E-state index is 15.2. The van der Waals surface area contributed by atoms with Gasteiger partial charge in [-0.2, -0.15) is 14.0 Å². The second-order valence-electron chi connectivity index (χ2n) is 7.08. The number of alkyl halides is 1. The second-order valence-corrected chi connectivity index (χ2v) is 7.08. The Bertz CT molecular complexity index is 1170. The van der Waals surface area contributed by atoms with E-state index in [4.69, 9.17) is 9.47 Å². The summed E-state index contributed by atoms with van der Waals surface area (Å²) in [7, 11) is 1.54. The van der Waals surface area contributed by atoms with E-state index in [1.807, 2.05) is 0 Å². The standard InChI is InChI=1S/C19H19F2N7O3/c1-22-18-14(21)16(24-10-3-2-4-13-15(10)31-6-5-30-13)27-17-12(8-23-28(17)18)26-19(29)25-11-7-9(11)20/h2-4,8-9,11,22H,5-7H2,1H3,(H,24,27)(H2,25,26,29)/t9-,11+/m0/s1. The fourth-order valence-electron chi connectivity index (χ4n) is 3.30. The summed E-state index contributed by atoms with van der Waals surface area (Å²) in [5.74, 6) is 0.253. The third-order valence-corrected chi connectivity index (χ3v) is 4.92. The van der Waals surface area contributed by atoms with Crippen LogP contribution < -0.4 is 30.7 Å². The van der Waals surface area contributed by atoms with E-state index in [0.717, 1.165) is 0 Å². The van der Waals surface area contributed by atoms with E-state index in [0.29, 0.717) is 30.4 Å². The van der Waals surface area contributed by atoms with Gasteiger partial charge >= 0.3 is 6.03 Å². The largest absolute Gasteiger partial charge is 0.486 e. The number of halogens is 2. The fraction of sp³-hybridized carbons (Fsp3) is 0.316. The number of urea groups is 1. The average molecular weight is 431 g/mol. The molecule has 2 amide bonds. The Morgan fingerprint density at radius 1 is 1.26 bits per heavy atom. The van der Waals surface area contributed by atoms with Crippen LogP contribution in [-0.4, -0.2) is 53.1 Å². The van der Waals surface area contributed by atoms with Crippen LogP contribution in [0.15, 0.2) is 24.4 Å². The van der Waals surface area contributed by atoms with Crippen LogP contribution in [0.1, 0.15) is 6.42 Å². The summed E-state index contributed by atoms with van der Waals surface area (Å²) in [5.41, 5.74) is 0.908. The molecular weight excluding hydrogens is 412 g/mol. The molecule has 3 heterocycles. The molecule has 0 bridgehead atoms. The van der Waals surface area contributed by atoms with Crippen LogP contribution in [0.3, 0.4) is 0 Å². The number of amides is 2. The van der Waals surface area contributed by atoms with E-state index in [9.17, 15) is 9.18 Å². The Labute approximate surface area is 174 Å². The number of aromatic nitrogens is 3. The van der Waals surface area contributed by atoms with E-state index in [-0.39, 0.29) is 29.4 Å². The number of hydrogen-bond acceptors (Lipinski definition) is 7. The minimum absolute atomic E-state index is 0.0361. The monoisotopic (exact) mass is 431 g/mol. The number of rotatable bonds is 5. The zero-order valence-electron chi connectivity index (χ0n) is 16.4. The molecule has 2 aromatic heterocycles. The summed E-state index contributed by atoms with van der Waals surface area (Å²) in [6.45, 7) is 0.796. The molecule has 1 aliphatic carbocycles. The van der Waals surface area contributed by atoms with Crippen molar-refractivity contribution >= 4 is 34.7 Å². The first-order chi connectivity index (χ1) is 15.0. The van der Waals surface area contributed by atoms with Gasteiger partial charge in [-0.05, 0) is 12.1 Å². The van der Waals surface area contributed by atoms with Gasteiger partial charge in [0.1, 0.15) is 25.1 Å². The van der Waals surface area contributed by atoms with Gasteiger partial charge in [0.05, 0.1) is 17.9 Å². The van der Waals surface area contributed by atoms with E-state index in [2.05, 4.69) is 31.3 Å². The van der Waals surface area contributed by atoms with Crippen LogP contribution in [0.5, 0.6) is 11.5 Å². The lowest BCUT2D eigenvalue weighted by molar-refractivity contribution is 0.172. The molecule has 162 valence electrons. The van der Waals surface area contributed by atoms with Gasteiger partial charge in [0, 0.05) is 13.5 Å². The molecule has 5 rings (SSSR count). The van der Waals surface area contributed by atoms with Crippen molar-refractivity contribution in [2.75, 3.05) is 36.2 Å². The molecule has 1 saturated carbocycles. The number of carbonyl (C=O) groups is 1. The van der Waals surface area contributed by atoms with Crippen molar-refractivity contribution in [3.05, 3.63) is 30.2 Å². The van der Waals surface area contributed by atoms with Crippen LogP contribution >= 0.6 is 0 Å². The summed E-state index contributed by atoms with van der Waals surface area (Å²) >= 11 is 0. The summed E-state index contributed by atoms with van der Waals surface area (Å²) in [5, 5.41) is 14.9. The predicted octanol–water partition coefficient (Wildman–Crippen LogP) is 2.66. The van der Waals surface area contributed by atoms with Crippen molar-refractivity contribution < 1.29 is 23.0 Å². The molecule has 4 N–H and O–H groups in total. The summed E-state index contributed by atoms with van der Waals surface area (Å²) in [4.78, 5) is 16.4. The van der Waals surface area contributed by atoms with Crippen LogP contribution in [0.4, 0.5) is 36.6 Å². The number of nitrogens with one attached hydrogen (secondary N) is 4. The average Bonchev–Trinajstić information content (AvgIpc) is 3.32. The minimum Gasteiger partial charge on any atom is -0.486 e. The lowest BCUT2D eigenvalue weighted by Gasteiger charge is -2.21. The fourth-order valence-corrected chi connectivity index (χ4v) is 3.30. The molecule has 2 aliphatic rings. The zero-order valence-corrected chi connectivity index (χ0v) is 16.4. The number of benzene rings is 1. The minimum atomic E-state index is -1.03. The second kappa shape index (κ2) is 7.45. The molecule has 10 nitrogen and oxygen atoms in total. The highest BCUT2D eigenvalue weighted by Gasteiger charge is 2.38. The topological polar surface area (TPSA) is 114 Å². The first kappa shape index (κ1) is 19.2. The highest BCUT2D eigenvalue weighted by Crippen LogP contribution is 2.39. The van der Waals surface area contributed by atoms with Crippen molar-refractivity contribution in [1.82, 2.24) is 19.9 Å². The van der Waals surface area contributed by atoms with E-state index >= 15 is 4.39 Å². The smallest absolute Gasteiger partial charge is 0.319 e. The van der Waals surface area contributed by atoms with Crippen molar-refractivity contribution in [3.63, 3.8) is 0 Å². The number of hydrogen-bond donors (Lipinski definition) is 4. The number of anilines is 4. The van der Waals surface area contributed by atoms with Gasteiger partial charge in [-0.25, -0.2) is 14.2 Å². The summed E-state index contributed by atoms with van der Waals surface area (Å²) in [6, 6.07) is 4.13. The molecular formula is C19H19F2N7O3. The predicted molar refractivity (Wildman–Crippen MR) is 109 cm³/mol. The van der Waals surface area contributed by atoms with Gasteiger partial charge < -0.3 is 30.7 Å². The van der Waals surface area contributed by atoms with E-state index in [1.54, 1.807) is 25.2 Å². The van der Waals surface area contributed by atoms with Crippen LogP contribution in [0.2, 0.25) is 0 Å². The number of para-hydroxylation sites is 1. The molecule has 0 unspecified atom stereocenters. The van der Waals surface area contributed by atoms with Crippen LogP contribution in [0.25, 0.3) is 5.65 Å². The molecule has 0 radical (unpaired) electrons. The zero-order chi connectivity index (χ0) is 21.5. The van der Waals surface area contributed by atoms with Crippen molar-refractivity contribution in [2.24, 2.45) is 0 Å². The lowest BCUT2D eigenvalue weighted by Crippen LogP contribution is -2.31. The summed E-state index contributed by atoms with van der Waals surface area (Å²) in [6.07, 6.45) is 0.598. The van der Waals surface area contributed by atoms with E-state index < -0.39 is 24.1 Å². The third-order valence-electron chi connectivity index (χ3n) is 4.92. The summed E-state index contributed by atoms with van der Waals surface area (Å²) < 4.78 is 40.6. The normalized spacial score (nSPS) is 19.1. The van der Waals surface area contributed by atoms with Crippen LogP contribution in [-0.2, 0) is 0 Å². The molecule has 0 spiro atoms. The van der Waals surface area contributed by atoms with E-state index in [1.165, 1.54) is 10.7 Å². The Kier molecular flexibility index (Phi) is 4.60. The Morgan fingerprint density at radius 3 is 2.84 bits per heavy atom. The van der Waals surface area contributed by atoms with Gasteiger partial charge in [0.15, 0.2) is 28.8 Å². The molecule has 3 aromatic rings. The molecule has 1 aliphatic heterocycles. The molecule has 0 saturated heterocycles. The molecule has 1 fully saturated rings. The molecule has 31 heavy (non-hydrogen) atoms. The lowest BCUT2D eigenvalue weighted by atomic mass is 10.2. The van der Waals surface area contributed by atoms with Gasteiger partial charge in [0.2, 0.25) is 5.82 Å².